The van der Waals surface area contributed by atoms with Crippen LogP contribution < -0.4 is 10.6 Å². The molecule has 1 heterocycles. The summed E-state index contributed by atoms with van der Waals surface area (Å²) in [5, 5.41) is 5.89. The second-order valence-corrected chi connectivity index (χ2v) is 6.30. The van der Waals surface area contributed by atoms with Gasteiger partial charge < -0.3 is 10.2 Å². The number of hydrogen-bond acceptors (Lipinski definition) is 4. The molecule has 0 radical (unpaired) electrons. The van der Waals surface area contributed by atoms with Crippen molar-refractivity contribution in [2.75, 3.05) is 6.67 Å². The van der Waals surface area contributed by atoms with Crippen LogP contribution in [-0.2, 0) is 4.79 Å². The monoisotopic (exact) mass is 351 g/mol. The second kappa shape index (κ2) is 7.93. The number of nitrogens with one attached hydrogen (secondary N) is 2. The second-order valence-electron chi connectivity index (χ2n) is 6.30. The van der Waals surface area contributed by atoms with Gasteiger partial charge in [-0.1, -0.05) is 48.5 Å². The van der Waals surface area contributed by atoms with Gasteiger partial charge in [0.05, 0.1) is 6.67 Å². The highest BCUT2D eigenvalue weighted by Crippen LogP contribution is 2.13. The first-order valence-corrected chi connectivity index (χ1v) is 8.54. The summed E-state index contributed by atoms with van der Waals surface area (Å²) >= 11 is 0. The fourth-order valence-corrected chi connectivity index (χ4v) is 2.87. The van der Waals surface area contributed by atoms with E-state index in [1.807, 2.05) is 19.1 Å². The van der Waals surface area contributed by atoms with Crippen molar-refractivity contribution < 1.29 is 14.4 Å². The van der Waals surface area contributed by atoms with Crippen molar-refractivity contribution in [3.05, 3.63) is 71.8 Å². The summed E-state index contributed by atoms with van der Waals surface area (Å²) in [6.07, 6.45) is -0.780. The predicted molar refractivity (Wildman–Crippen MR) is 97.4 cm³/mol. The zero-order chi connectivity index (χ0) is 18.5. The molecule has 1 fully saturated rings. The smallest absolute Gasteiger partial charge is 0.253 e. The Balaban J connectivity index is 1.87. The van der Waals surface area contributed by atoms with Crippen LogP contribution in [0.1, 0.15) is 34.1 Å². The minimum absolute atomic E-state index is 0.0380. The lowest BCUT2D eigenvalue weighted by Gasteiger charge is -2.36. The summed E-state index contributed by atoms with van der Waals surface area (Å²) in [5.41, 5.74) is 0.876. The summed E-state index contributed by atoms with van der Waals surface area (Å²) < 4.78 is 0. The fraction of sp³-hybridized carbons (Fsp3) is 0.250. The SMILES string of the molecule is CC1CC(=O)N(C(NC(=O)c2ccccc2)C(=O)c2ccccc2)CN1. The maximum Gasteiger partial charge on any atom is 0.253 e. The van der Waals surface area contributed by atoms with Crippen LogP contribution >= 0.6 is 0 Å². The molecule has 2 aromatic rings. The molecule has 6 nitrogen and oxygen atoms in total. The summed E-state index contributed by atoms with van der Waals surface area (Å²) in [6, 6.07) is 17.3. The highest BCUT2D eigenvalue weighted by atomic mass is 16.2. The lowest BCUT2D eigenvalue weighted by molar-refractivity contribution is -0.136. The van der Waals surface area contributed by atoms with E-state index in [-0.39, 0.29) is 30.8 Å². The molecule has 1 aliphatic heterocycles. The van der Waals surface area contributed by atoms with Crippen molar-refractivity contribution in [3.63, 3.8) is 0 Å². The van der Waals surface area contributed by atoms with Crippen LogP contribution in [-0.4, -0.2) is 41.4 Å². The topological polar surface area (TPSA) is 78.5 Å². The standard InChI is InChI=1S/C20H21N3O3/c1-14-12-17(24)23(13-21-14)19(18(25)15-8-4-2-5-9-15)22-20(26)16-10-6-3-7-11-16/h2-11,14,19,21H,12-13H2,1H3,(H,22,26). The van der Waals surface area contributed by atoms with Gasteiger partial charge in [0, 0.05) is 23.6 Å². The van der Waals surface area contributed by atoms with Crippen molar-refractivity contribution in [3.8, 4) is 0 Å². The van der Waals surface area contributed by atoms with Crippen LogP contribution in [0.5, 0.6) is 0 Å². The molecule has 0 saturated carbocycles. The third-order valence-electron chi connectivity index (χ3n) is 4.33. The Morgan fingerprint density at radius 2 is 1.62 bits per heavy atom. The molecule has 1 aliphatic rings. The van der Waals surface area contributed by atoms with Crippen molar-refractivity contribution in [1.29, 1.82) is 0 Å². The summed E-state index contributed by atoms with van der Waals surface area (Å²) in [5.74, 6) is -0.884. The Morgan fingerprint density at radius 3 is 2.19 bits per heavy atom. The highest BCUT2D eigenvalue weighted by Gasteiger charge is 2.34. The van der Waals surface area contributed by atoms with E-state index < -0.39 is 12.1 Å². The average molecular weight is 351 g/mol. The van der Waals surface area contributed by atoms with Gasteiger partial charge in [0.1, 0.15) is 0 Å². The molecule has 2 atom stereocenters. The lowest BCUT2D eigenvalue weighted by atomic mass is 10.1. The summed E-state index contributed by atoms with van der Waals surface area (Å²) in [6.45, 7) is 2.12. The number of Topliss-reactive ketones (excluding diaryl/α,β-unsaturated/α-hetero) is 1. The van der Waals surface area contributed by atoms with Gasteiger partial charge in [-0.2, -0.15) is 0 Å². The summed E-state index contributed by atoms with van der Waals surface area (Å²) in [7, 11) is 0. The van der Waals surface area contributed by atoms with E-state index >= 15 is 0 Å². The van der Waals surface area contributed by atoms with Crippen molar-refractivity contribution in [1.82, 2.24) is 15.5 Å². The largest absolute Gasteiger partial charge is 0.325 e. The van der Waals surface area contributed by atoms with Gasteiger partial charge in [0.25, 0.3) is 5.91 Å². The molecule has 2 amide bonds. The van der Waals surface area contributed by atoms with E-state index in [4.69, 9.17) is 0 Å². The Morgan fingerprint density at radius 1 is 1.04 bits per heavy atom. The molecule has 2 aromatic carbocycles. The third kappa shape index (κ3) is 3.97. The van der Waals surface area contributed by atoms with E-state index in [1.165, 1.54) is 4.90 Å². The fourth-order valence-electron chi connectivity index (χ4n) is 2.87. The molecule has 2 N–H and O–H groups in total. The van der Waals surface area contributed by atoms with Gasteiger partial charge in [-0.3, -0.25) is 19.7 Å². The van der Waals surface area contributed by atoms with Crippen LogP contribution in [0.2, 0.25) is 0 Å². The van der Waals surface area contributed by atoms with Crippen LogP contribution in [0, 0.1) is 0 Å². The molecule has 6 heteroatoms. The van der Waals surface area contributed by atoms with Gasteiger partial charge in [-0.25, -0.2) is 0 Å². The van der Waals surface area contributed by atoms with Gasteiger partial charge >= 0.3 is 0 Å². The van der Waals surface area contributed by atoms with E-state index in [0.29, 0.717) is 11.1 Å². The van der Waals surface area contributed by atoms with Crippen LogP contribution in [0.3, 0.4) is 0 Å². The number of rotatable bonds is 5. The van der Waals surface area contributed by atoms with Gasteiger partial charge in [-0.05, 0) is 19.1 Å². The zero-order valence-electron chi connectivity index (χ0n) is 14.5. The van der Waals surface area contributed by atoms with E-state index in [0.717, 1.165) is 0 Å². The highest BCUT2D eigenvalue weighted by molar-refractivity contribution is 6.05. The van der Waals surface area contributed by atoms with Crippen LogP contribution in [0.15, 0.2) is 60.7 Å². The molecule has 0 bridgehead atoms. The molecule has 0 aliphatic carbocycles. The first kappa shape index (κ1) is 17.8. The zero-order valence-corrected chi connectivity index (χ0v) is 14.5. The molecular formula is C20H21N3O3. The minimum Gasteiger partial charge on any atom is -0.325 e. The number of benzene rings is 2. The van der Waals surface area contributed by atoms with Crippen LogP contribution in [0.4, 0.5) is 0 Å². The molecule has 0 aromatic heterocycles. The maximum absolute atomic E-state index is 13.0. The molecule has 134 valence electrons. The lowest BCUT2D eigenvalue weighted by Crippen LogP contribution is -2.61. The van der Waals surface area contributed by atoms with E-state index in [9.17, 15) is 14.4 Å². The Bertz CT molecular complexity index is 792. The van der Waals surface area contributed by atoms with Crippen molar-refractivity contribution >= 4 is 17.6 Å². The van der Waals surface area contributed by atoms with E-state index in [1.54, 1.807) is 48.5 Å². The quantitative estimate of drug-likeness (QED) is 0.805. The van der Waals surface area contributed by atoms with Gasteiger partial charge in [0.2, 0.25) is 11.7 Å². The first-order chi connectivity index (χ1) is 12.6. The normalized spacial score (nSPS) is 18.3. The van der Waals surface area contributed by atoms with Gasteiger partial charge in [-0.15, -0.1) is 0 Å². The van der Waals surface area contributed by atoms with Crippen LogP contribution in [0.25, 0.3) is 0 Å². The predicted octanol–water partition coefficient (Wildman–Crippen LogP) is 1.79. The molecular weight excluding hydrogens is 330 g/mol. The Hall–Kier alpha value is -2.99. The van der Waals surface area contributed by atoms with Crippen molar-refractivity contribution in [2.45, 2.75) is 25.6 Å². The number of amides is 2. The Kier molecular flexibility index (Phi) is 5.43. The van der Waals surface area contributed by atoms with Crippen molar-refractivity contribution in [2.24, 2.45) is 0 Å². The molecule has 1 saturated heterocycles. The average Bonchev–Trinajstić information content (AvgIpc) is 2.67. The number of carbonyl (C=O) groups excluding carboxylic acids is 3. The van der Waals surface area contributed by atoms with Gasteiger partial charge in [0.15, 0.2) is 6.17 Å². The number of ketones is 1. The number of nitrogens with zero attached hydrogens (tertiary/aromatic N) is 1. The molecule has 26 heavy (non-hydrogen) atoms. The third-order valence-corrected chi connectivity index (χ3v) is 4.33. The first-order valence-electron chi connectivity index (χ1n) is 8.54. The number of carbonyl (C=O) groups is 3. The Labute approximate surface area is 152 Å². The number of hydrogen-bond donors (Lipinski definition) is 2. The molecule has 2 unspecified atom stereocenters. The van der Waals surface area contributed by atoms with E-state index in [2.05, 4.69) is 10.6 Å². The minimum atomic E-state index is -1.06. The summed E-state index contributed by atoms with van der Waals surface area (Å²) in [4.78, 5) is 39.5. The molecule has 3 rings (SSSR count). The molecule has 0 spiro atoms. The maximum atomic E-state index is 13.0.